The van der Waals surface area contributed by atoms with Gasteiger partial charge in [-0.3, -0.25) is 0 Å². The molecule has 0 aliphatic heterocycles. The molecule has 0 atom stereocenters. The van der Waals surface area contributed by atoms with E-state index in [4.69, 9.17) is 10.7 Å². The normalized spacial score (nSPS) is 11.3. The number of nitrogens with zero attached hydrogens (tertiary/aromatic N) is 2. The highest BCUT2D eigenvalue weighted by Gasteiger charge is 2.13. The predicted octanol–water partition coefficient (Wildman–Crippen LogP) is 3.96. The van der Waals surface area contributed by atoms with Crippen molar-refractivity contribution in [1.29, 1.82) is 0 Å². The van der Waals surface area contributed by atoms with E-state index in [1.165, 1.54) is 23.8 Å². The Morgan fingerprint density at radius 3 is 2.48 bits per heavy atom. The molecule has 21 heavy (non-hydrogen) atoms. The van der Waals surface area contributed by atoms with Gasteiger partial charge in [-0.2, -0.15) is 0 Å². The van der Waals surface area contributed by atoms with Gasteiger partial charge in [-0.25, -0.2) is 4.98 Å². The predicted molar refractivity (Wildman–Crippen MR) is 91.6 cm³/mol. The summed E-state index contributed by atoms with van der Waals surface area (Å²) >= 11 is 0. The van der Waals surface area contributed by atoms with Crippen LogP contribution in [0.1, 0.15) is 39.2 Å². The smallest absolute Gasteiger partial charge is 0.129 e. The molecule has 1 heterocycles. The fraction of sp³-hybridized carbons (Fsp3) is 0.500. The van der Waals surface area contributed by atoms with Gasteiger partial charge in [0, 0.05) is 25.0 Å². The van der Waals surface area contributed by atoms with E-state index in [2.05, 4.69) is 43.9 Å². The van der Waals surface area contributed by atoms with Gasteiger partial charge in [0.05, 0.1) is 5.52 Å². The monoisotopic (exact) mass is 285 g/mol. The number of aromatic nitrogens is 1. The van der Waals surface area contributed by atoms with E-state index in [1.807, 2.05) is 12.1 Å². The number of para-hydroxylation sites is 1. The van der Waals surface area contributed by atoms with Crippen molar-refractivity contribution in [3.8, 4) is 0 Å². The van der Waals surface area contributed by atoms with E-state index in [-0.39, 0.29) is 0 Å². The lowest BCUT2D eigenvalue weighted by atomic mass is 10.0. The molecule has 0 saturated heterocycles. The van der Waals surface area contributed by atoms with E-state index < -0.39 is 0 Å². The largest absolute Gasteiger partial charge is 0.357 e. The highest BCUT2D eigenvalue weighted by Crippen LogP contribution is 2.24. The summed E-state index contributed by atoms with van der Waals surface area (Å²) in [5.74, 6) is 1.78. The first kappa shape index (κ1) is 15.8. The highest BCUT2D eigenvalue weighted by molar-refractivity contribution is 5.84. The molecule has 0 aliphatic carbocycles. The molecule has 1 aromatic carbocycles. The molecular formula is C18H27N3. The maximum absolute atomic E-state index is 5.93. The van der Waals surface area contributed by atoms with Gasteiger partial charge in [0.2, 0.25) is 0 Å². The molecule has 1 aromatic heterocycles. The van der Waals surface area contributed by atoms with Crippen molar-refractivity contribution in [2.45, 2.75) is 40.2 Å². The second-order valence-corrected chi connectivity index (χ2v) is 5.58. The lowest BCUT2D eigenvalue weighted by Gasteiger charge is -2.27. The third-order valence-corrected chi connectivity index (χ3v) is 4.35. The molecule has 0 radical (unpaired) electrons. The van der Waals surface area contributed by atoms with Crippen molar-refractivity contribution in [2.24, 2.45) is 11.7 Å². The number of nitrogens with two attached hydrogens (primary N) is 1. The lowest BCUT2D eigenvalue weighted by Crippen LogP contribution is -2.30. The van der Waals surface area contributed by atoms with Crippen LogP contribution in [0.3, 0.4) is 0 Å². The Morgan fingerprint density at radius 1 is 1.14 bits per heavy atom. The molecular weight excluding hydrogens is 258 g/mol. The van der Waals surface area contributed by atoms with Crippen molar-refractivity contribution in [3.63, 3.8) is 0 Å². The zero-order valence-corrected chi connectivity index (χ0v) is 13.5. The highest BCUT2D eigenvalue weighted by atomic mass is 15.2. The van der Waals surface area contributed by atoms with E-state index in [9.17, 15) is 0 Å². The average molecular weight is 285 g/mol. The van der Waals surface area contributed by atoms with Crippen LogP contribution < -0.4 is 10.6 Å². The summed E-state index contributed by atoms with van der Waals surface area (Å²) in [7, 11) is 0. The van der Waals surface area contributed by atoms with Crippen molar-refractivity contribution in [1.82, 2.24) is 4.98 Å². The molecule has 2 aromatic rings. The Bertz CT molecular complexity index is 576. The Balaban J connectivity index is 2.39. The molecule has 0 bridgehead atoms. The SMILES string of the molecule is CCC(CC)CN(CC)c1cc(CN)c2ccccc2n1. The Kier molecular flexibility index (Phi) is 5.57. The minimum absolute atomic E-state index is 0.554. The summed E-state index contributed by atoms with van der Waals surface area (Å²) in [5.41, 5.74) is 8.15. The molecule has 0 unspecified atom stereocenters. The van der Waals surface area contributed by atoms with Crippen molar-refractivity contribution >= 4 is 16.7 Å². The molecule has 114 valence electrons. The average Bonchev–Trinajstić information content (AvgIpc) is 2.55. The van der Waals surface area contributed by atoms with Crippen LogP contribution >= 0.6 is 0 Å². The maximum Gasteiger partial charge on any atom is 0.129 e. The van der Waals surface area contributed by atoms with Crippen LogP contribution in [0, 0.1) is 5.92 Å². The van der Waals surface area contributed by atoms with Gasteiger partial charge in [0.15, 0.2) is 0 Å². The molecule has 2 N–H and O–H groups in total. The second kappa shape index (κ2) is 7.41. The van der Waals surface area contributed by atoms with Gasteiger partial charge in [0.25, 0.3) is 0 Å². The van der Waals surface area contributed by atoms with Gasteiger partial charge in [-0.05, 0) is 30.5 Å². The summed E-state index contributed by atoms with van der Waals surface area (Å²) in [6.45, 7) is 9.33. The van der Waals surface area contributed by atoms with Crippen molar-refractivity contribution in [3.05, 3.63) is 35.9 Å². The van der Waals surface area contributed by atoms with Crippen LogP contribution in [0.15, 0.2) is 30.3 Å². The topological polar surface area (TPSA) is 42.1 Å². The first-order chi connectivity index (χ1) is 10.2. The van der Waals surface area contributed by atoms with Crippen molar-refractivity contribution in [2.75, 3.05) is 18.0 Å². The third kappa shape index (κ3) is 3.53. The van der Waals surface area contributed by atoms with Gasteiger partial charge >= 0.3 is 0 Å². The number of benzene rings is 1. The van der Waals surface area contributed by atoms with Crippen LogP contribution in [0.2, 0.25) is 0 Å². The first-order valence-corrected chi connectivity index (χ1v) is 8.07. The van der Waals surface area contributed by atoms with Crippen LogP contribution in [0.4, 0.5) is 5.82 Å². The second-order valence-electron chi connectivity index (χ2n) is 5.58. The van der Waals surface area contributed by atoms with Crippen LogP contribution in [0.5, 0.6) is 0 Å². The number of hydrogen-bond acceptors (Lipinski definition) is 3. The van der Waals surface area contributed by atoms with E-state index in [0.29, 0.717) is 6.54 Å². The molecule has 3 nitrogen and oxygen atoms in total. The molecule has 0 spiro atoms. The third-order valence-electron chi connectivity index (χ3n) is 4.35. The van der Waals surface area contributed by atoms with Crippen LogP contribution in [-0.2, 0) is 6.54 Å². The van der Waals surface area contributed by atoms with Crippen LogP contribution in [0.25, 0.3) is 10.9 Å². The maximum atomic E-state index is 5.93. The summed E-state index contributed by atoms with van der Waals surface area (Å²) in [6, 6.07) is 10.4. The fourth-order valence-corrected chi connectivity index (χ4v) is 2.81. The van der Waals surface area contributed by atoms with Gasteiger partial charge in [-0.15, -0.1) is 0 Å². The lowest BCUT2D eigenvalue weighted by molar-refractivity contribution is 0.484. The zero-order valence-electron chi connectivity index (χ0n) is 13.5. The van der Waals surface area contributed by atoms with E-state index in [0.717, 1.165) is 30.3 Å². The standard InChI is InChI=1S/C18H27N3/c1-4-14(5-2)13-21(6-3)18-11-15(12-19)16-9-7-8-10-17(16)20-18/h7-11,14H,4-6,12-13,19H2,1-3H3. The fourth-order valence-electron chi connectivity index (χ4n) is 2.81. The summed E-state index contributed by atoms with van der Waals surface area (Å²) in [6.07, 6.45) is 2.43. The van der Waals surface area contributed by atoms with E-state index in [1.54, 1.807) is 0 Å². The number of rotatable bonds is 7. The summed E-state index contributed by atoms with van der Waals surface area (Å²) < 4.78 is 0. The molecule has 0 amide bonds. The minimum atomic E-state index is 0.554. The van der Waals surface area contributed by atoms with Crippen molar-refractivity contribution < 1.29 is 0 Å². The Labute approximate surface area is 128 Å². The molecule has 3 heteroatoms. The molecule has 0 aliphatic rings. The first-order valence-electron chi connectivity index (χ1n) is 8.07. The Morgan fingerprint density at radius 2 is 1.86 bits per heavy atom. The van der Waals surface area contributed by atoms with Gasteiger partial charge in [-0.1, -0.05) is 44.9 Å². The summed E-state index contributed by atoms with van der Waals surface area (Å²) in [4.78, 5) is 7.23. The number of anilines is 1. The van der Waals surface area contributed by atoms with Crippen LogP contribution in [-0.4, -0.2) is 18.1 Å². The molecule has 2 rings (SSSR count). The van der Waals surface area contributed by atoms with E-state index >= 15 is 0 Å². The molecule has 0 fully saturated rings. The number of pyridine rings is 1. The van der Waals surface area contributed by atoms with Gasteiger partial charge < -0.3 is 10.6 Å². The Hall–Kier alpha value is -1.61. The molecule has 0 saturated carbocycles. The minimum Gasteiger partial charge on any atom is -0.357 e. The number of fused-ring (bicyclic) bond motifs is 1. The number of hydrogen-bond donors (Lipinski definition) is 1. The quantitative estimate of drug-likeness (QED) is 0.837. The zero-order chi connectivity index (χ0) is 15.2. The van der Waals surface area contributed by atoms with Gasteiger partial charge in [0.1, 0.15) is 5.82 Å². The summed E-state index contributed by atoms with van der Waals surface area (Å²) in [5, 5.41) is 1.17.